The Morgan fingerprint density at radius 2 is 1.81 bits per heavy atom. The first kappa shape index (κ1) is 20.4. The van der Waals surface area contributed by atoms with Crippen molar-refractivity contribution in [1.29, 1.82) is 0 Å². The van der Waals surface area contributed by atoms with Crippen molar-refractivity contribution in [1.82, 2.24) is 19.0 Å². The maximum absolute atomic E-state index is 14.2. The average Bonchev–Trinajstić information content (AvgIpc) is 3.66. The zero-order valence-corrected chi connectivity index (χ0v) is 17.8. The van der Waals surface area contributed by atoms with Crippen LogP contribution in [0.3, 0.4) is 0 Å². The second-order valence-electron chi connectivity index (χ2n) is 8.44. The highest BCUT2D eigenvalue weighted by molar-refractivity contribution is 5.89. The van der Waals surface area contributed by atoms with Crippen molar-refractivity contribution in [2.75, 3.05) is 31.1 Å². The van der Waals surface area contributed by atoms with E-state index < -0.39 is 17.1 Å². The summed E-state index contributed by atoms with van der Waals surface area (Å²) in [5.41, 5.74) is 0.194. The Bertz CT molecular complexity index is 1320. The molecule has 8 nitrogen and oxygen atoms in total. The molecule has 0 bridgehead atoms. The van der Waals surface area contributed by atoms with E-state index in [1.54, 1.807) is 37.5 Å². The highest BCUT2D eigenvalue weighted by Crippen LogP contribution is 2.32. The van der Waals surface area contributed by atoms with E-state index in [2.05, 4.69) is 9.88 Å². The van der Waals surface area contributed by atoms with Crippen molar-refractivity contribution in [3.05, 3.63) is 68.7 Å². The summed E-state index contributed by atoms with van der Waals surface area (Å²) in [4.78, 5) is 47.0. The van der Waals surface area contributed by atoms with Gasteiger partial charge in [0, 0.05) is 50.9 Å². The van der Waals surface area contributed by atoms with Crippen LogP contribution in [0.1, 0.15) is 18.4 Å². The van der Waals surface area contributed by atoms with Gasteiger partial charge in [0.2, 0.25) is 5.91 Å². The number of rotatable bonds is 4. The van der Waals surface area contributed by atoms with E-state index in [0.717, 1.165) is 17.4 Å². The van der Waals surface area contributed by atoms with Crippen molar-refractivity contribution >= 4 is 22.6 Å². The molecule has 9 heteroatoms. The number of fused-ring (bicyclic) bond motifs is 1. The Balaban J connectivity index is 1.54. The summed E-state index contributed by atoms with van der Waals surface area (Å²) in [6.45, 7) is 2.20. The highest BCUT2D eigenvalue weighted by atomic mass is 19.1. The smallest absolute Gasteiger partial charge is 0.332 e. The maximum Gasteiger partial charge on any atom is 0.332 e. The molecule has 2 aliphatic rings. The molecule has 0 atom stereocenters. The molecule has 0 radical (unpaired) electrons. The first-order valence-corrected chi connectivity index (χ1v) is 10.8. The third-order valence-corrected chi connectivity index (χ3v) is 6.35. The Morgan fingerprint density at radius 1 is 1.09 bits per heavy atom. The van der Waals surface area contributed by atoms with Crippen LogP contribution < -0.4 is 16.1 Å². The number of aromatic nitrogens is 3. The number of piperazine rings is 1. The number of benzene rings is 1. The lowest BCUT2D eigenvalue weighted by Crippen LogP contribution is -2.49. The number of anilines is 1. The number of halogens is 1. The summed E-state index contributed by atoms with van der Waals surface area (Å²) >= 11 is 0. The van der Waals surface area contributed by atoms with Crippen molar-refractivity contribution in [3.8, 4) is 0 Å². The van der Waals surface area contributed by atoms with Crippen molar-refractivity contribution in [2.24, 2.45) is 13.0 Å². The predicted molar refractivity (Wildman–Crippen MR) is 118 cm³/mol. The second kappa shape index (κ2) is 7.89. The lowest BCUT2D eigenvalue weighted by Gasteiger charge is -2.36. The van der Waals surface area contributed by atoms with Gasteiger partial charge >= 0.3 is 5.69 Å². The standard InChI is InChI=1S/C23H24FN5O3/c1-26-20-19(22(31)29(23(26)32)14-16-4-2-3-5-17(16)24)18(8-9-25-20)27-10-12-28(13-11-27)21(30)15-6-7-15/h2-5,8-9,15H,6-7,10-14H2,1H3. The highest BCUT2D eigenvalue weighted by Gasteiger charge is 2.35. The molecule has 2 aromatic heterocycles. The summed E-state index contributed by atoms with van der Waals surface area (Å²) in [5.74, 6) is -0.0632. The molecule has 0 unspecified atom stereocenters. The molecule has 0 N–H and O–H groups in total. The molecule has 32 heavy (non-hydrogen) atoms. The third kappa shape index (κ3) is 3.47. The SMILES string of the molecule is Cn1c(=O)n(Cc2ccccc2F)c(=O)c2c(N3CCN(C(=O)C4CC4)CC3)ccnc21. The van der Waals surface area contributed by atoms with Gasteiger partial charge in [-0.1, -0.05) is 18.2 Å². The van der Waals surface area contributed by atoms with Crippen LogP contribution in [0.25, 0.3) is 11.0 Å². The van der Waals surface area contributed by atoms with Crippen LogP contribution in [-0.2, 0) is 18.4 Å². The van der Waals surface area contributed by atoms with Gasteiger partial charge in [0.15, 0.2) is 5.65 Å². The molecule has 5 rings (SSSR count). The minimum Gasteiger partial charge on any atom is -0.367 e. The molecule has 1 aliphatic heterocycles. The van der Waals surface area contributed by atoms with Crippen molar-refractivity contribution in [3.63, 3.8) is 0 Å². The van der Waals surface area contributed by atoms with Crippen LogP contribution in [-0.4, -0.2) is 51.1 Å². The average molecular weight is 437 g/mol. The van der Waals surface area contributed by atoms with Crippen LogP contribution in [0.15, 0.2) is 46.1 Å². The van der Waals surface area contributed by atoms with Crippen LogP contribution in [0.2, 0.25) is 0 Å². The fourth-order valence-corrected chi connectivity index (χ4v) is 4.35. The quantitative estimate of drug-likeness (QED) is 0.616. The summed E-state index contributed by atoms with van der Waals surface area (Å²) < 4.78 is 16.6. The van der Waals surface area contributed by atoms with Crippen LogP contribution in [0.4, 0.5) is 10.1 Å². The van der Waals surface area contributed by atoms with Gasteiger partial charge in [0.05, 0.1) is 12.2 Å². The van der Waals surface area contributed by atoms with Crippen molar-refractivity contribution < 1.29 is 9.18 Å². The number of amides is 1. The Kier molecular flexibility index (Phi) is 5.03. The Labute approximate surface area is 183 Å². The summed E-state index contributed by atoms with van der Waals surface area (Å²) in [6.07, 6.45) is 3.53. The minimum atomic E-state index is -0.546. The molecular weight excluding hydrogens is 413 g/mol. The van der Waals surface area contributed by atoms with Gasteiger partial charge in [-0.3, -0.25) is 18.7 Å². The van der Waals surface area contributed by atoms with E-state index in [4.69, 9.17) is 0 Å². The summed E-state index contributed by atoms with van der Waals surface area (Å²) in [5, 5.41) is 0.327. The largest absolute Gasteiger partial charge is 0.367 e. The number of hydrogen-bond donors (Lipinski definition) is 0. The monoisotopic (exact) mass is 437 g/mol. The van der Waals surface area contributed by atoms with E-state index in [0.29, 0.717) is 42.9 Å². The lowest BCUT2D eigenvalue weighted by molar-refractivity contribution is -0.132. The van der Waals surface area contributed by atoms with Gasteiger partial charge < -0.3 is 9.80 Å². The Hall–Kier alpha value is -3.49. The predicted octanol–water partition coefficient (Wildman–Crippen LogP) is 1.34. The number of nitrogens with zero attached hydrogens (tertiary/aromatic N) is 5. The topological polar surface area (TPSA) is 80.4 Å². The van der Waals surface area contributed by atoms with Gasteiger partial charge in [0.25, 0.3) is 5.56 Å². The minimum absolute atomic E-state index is 0.161. The number of carbonyl (C=O) groups excluding carboxylic acids is 1. The molecule has 1 amide bonds. The molecule has 166 valence electrons. The van der Waals surface area contributed by atoms with Crippen molar-refractivity contribution in [2.45, 2.75) is 19.4 Å². The summed E-state index contributed by atoms with van der Waals surface area (Å²) in [6, 6.07) is 7.87. The van der Waals surface area contributed by atoms with E-state index in [9.17, 15) is 18.8 Å². The number of aryl methyl sites for hydroxylation is 1. The van der Waals surface area contributed by atoms with Gasteiger partial charge in [-0.2, -0.15) is 0 Å². The van der Waals surface area contributed by atoms with Gasteiger partial charge in [-0.05, 0) is 25.0 Å². The van der Waals surface area contributed by atoms with Crippen LogP contribution in [0.5, 0.6) is 0 Å². The Morgan fingerprint density at radius 3 is 2.50 bits per heavy atom. The van der Waals surface area contributed by atoms with Gasteiger partial charge in [0.1, 0.15) is 11.2 Å². The maximum atomic E-state index is 14.2. The molecule has 1 aromatic carbocycles. The lowest BCUT2D eigenvalue weighted by atomic mass is 10.2. The van der Waals surface area contributed by atoms with E-state index in [1.807, 2.05) is 4.90 Å². The fraction of sp³-hybridized carbons (Fsp3) is 0.391. The first-order chi connectivity index (χ1) is 15.5. The summed E-state index contributed by atoms with van der Waals surface area (Å²) in [7, 11) is 1.56. The van der Waals surface area contributed by atoms with Gasteiger partial charge in [-0.15, -0.1) is 0 Å². The normalized spacial score (nSPS) is 16.6. The van der Waals surface area contributed by atoms with E-state index in [1.165, 1.54) is 10.6 Å². The molecule has 2 fully saturated rings. The third-order valence-electron chi connectivity index (χ3n) is 6.35. The van der Waals surface area contributed by atoms with E-state index in [-0.39, 0.29) is 23.9 Å². The molecule has 3 heterocycles. The molecule has 1 saturated heterocycles. The number of hydrogen-bond acceptors (Lipinski definition) is 5. The van der Waals surface area contributed by atoms with Gasteiger partial charge in [-0.25, -0.2) is 14.2 Å². The number of carbonyl (C=O) groups is 1. The first-order valence-electron chi connectivity index (χ1n) is 10.8. The molecule has 1 saturated carbocycles. The van der Waals surface area contributed by atoms with Crippen LogP contribution in [0, 0.1) is 11.7 Å². The second-order valence-corrected chi connectivity index (χ2v) is 8.44. The molecule has 1 aliphatic carbocycles. The number of pyridine rings is 1. The van der Waals surface area contributed by atoms with Crippen LogP contribution >= 0.6 is 0 Å². The fourth-order valence-electron chi connectivity index (χ4n) is 4.35. The molecule has 3 aromatic rings. The molecule has 0 spiro atoms. The zero-order chi connectivity index (χ0) is 22.4. The van der Waals surface area contributed by atoms with E-state index >= 15 is 0 Å². The molecular formula is C23H24FN5O3. The zero-order valence-electron chi connectivity index (χ0n) is 17.8.